The van der Waals surface area contributed by atoms with Crippen LogP contribution in [0.2, 0.25) is 10.3 Å². The lowest BCUT2D eigenvalue weighted by atomic mass is 10.1. The van der Waals surface area contributed by atoms with E-state index in [1.807, 2.05) is 13.0 Å². The van der Waals surface area contributed by atoms with Crippen molar-refractivity contribution in [2.75, 3.05) is 52.3 Å². The fraction of sp³-hybridized carbons (Fsp3) is 0.444. The second-order valence-electron chi connectivity index (χ2n) is 13.3. The van der Waals surface area contributed by atoms with Crippen LogP contribution in [0.3, 0.4) is 0 Å². The number of halogens is 3. The Morgan fingerprint density at radius 1 is 0.800 bits per heavy atom. The Morgan fingerprint density at radius 2 is 1.42 bits per heavy atom. The van der Waals surface area contributed by atoms with Gasteiger partial charge in [-0.05, 0) is 89.3 Å². The summed E-state index contributed by atoms with van der Waals surface area (Å²) in [5.41, 5.74) is 2.69. The Balaban J connectivity index is 0.000000257. The first-order chi connectivity index (χ1) is 24.0. The fourth-order valence-electron chi connectivity index (χ4n) is 6.94. The van der Waals surface area contributed by atoms with Crippen LogP contribution >= 0.6 is 23.2 Å². The Morgan fingerprint density at radius 3 is 1.96 bits per heavy atom. The van der Waals surface area contributed by atoms with Gasteiger partial charge in [0.15, 0.2) is 0 Å². The van der Waals surface area contributed by atoms with Crippen molar-refractivity contribution in [1.82, 2.24) is 24.9 Å². The quantitative estimate of drug-likeness (QED) is 0.205. The number of rotatable bonds is 6. The normalized spacial score (nSPS) is 20.6. The maximum Gasteiger partial charge on any atom is 0.337 e. The first kappa shape index (κ1) is 35.5. The zero-order valence-corrected chi connectivity index (χ0v) is 30.2. The molecule has 264 valence electrons. The molecule has 0 amide bonds. The molecule has 2 unspecified atom stereocenters. The molecule has 0 aliphatic carbocycles. The summed E-state index contributed by atoms with van der Waals surface area (Å²) in [6, 6.07) is 12.6. The van der Waals surface area contributed by atoms with Crippen LogP contribution in [-0.4, -0.2) is 86.8 Å². The molecule has 6 heterocycles. The first-order valence-electron chi connectivity index (χ1n) is 17.1. The molecule has 0 radical (unpaired) electrons. The molecule has 1 N–H and O–H groups in total. The van der Waals surface area contributed by atoms with E-state index in [2.05, 4.69) is 55.3 Å². The standard InChI is InChI=1S/C27H31FN6O2.C9H11Cl2N3/c1-17-13-21(26(35)36)15-29-25(17)32-11-12-33(19(3)16-32)24-14-23(20-6-8-22(28)9-7-20)30-27(31-24)34-10-4-5-18(34)2;1-6-3-2-4-14(6)9-12-7(10)5-8(11)13-9/h6-9,13-15,18-19H,4-5,10-12,16H2,1-3H3,(H,35,36);5-6H,2-4H2,1H3/t18?,19-;/m1./s1. The van der Waals surface area contributed by atoms with Crippen molar-refractivity contribution in [3.8, 4) is 11.3 Å². The van der Waals surface area contributed by atoms with Crippen LogP contribution in [-0.2, 0) is 0 Å². The van der Waals surface area contributed by atoms with Crippen LogP contribution in [0.5, 0.6) is 0 Å². The molecule has 11 nitrogen and oxygen atoms in total. The zero-order valence-electron chi connectivity index (χ0n) is 28.7. The molecule has 0 bridgehead atoms. The van der Waals surface area contributed by atoms with Gasteiger partial charge in [-0.2, -0.15) is 4.98 Å². The third-order valence-electron chi connectivity index (χ3n) is 9.63. The zero-order chi connectivity index (χ0) is 35.5. The topological polar surface area (TPSA) is 115 Å². The van der Waals surface area contributed by atoms with E-state index in [-0.39, 0.29) is 17.4 Å². The van der Waals surface area contributed by atoms with Crippen LogP contribution in [0.15, 0.2) is 48.7 Å². The molecule has 50 heavy (non-hydrogen) atoms. The van der Waals surface area contributed by atoms with Gasteiger partial charge in [-0.25, -0.2) is 29.1 Å². The van der Waals surface area contributed by atoms with Gasteiger partial charge in [0.2, 0.25) is 11.9 Å². The summed E-state index contributed by atoms with van der Waals surface area (Å²) in [7, 11) is 0. The van der Waals surface area contributed by atoms with Crippen molar-refractivity contribution in [2.45, 2.75) is 71.5 Å². The third-order valence-corrected chi connectivity index (χ3v) is 10.0. The number of hydrogen-bond donors (Lipinski definition) is 1. The number of aromatic nitrogens is 5. The Hall–Kier alpha value is -4.29. The average Bonchev–Trinajstić information content (AvgIpc) is 3.72. The highest BCUT2D eigenvalue weighted by atomic mass is 35.5. The van der Waals surface area contributed by atoms with E-state index in [1.165, 1.54) is 31.2 Å². The van der Waals surface area contributed by atoms with Crippen molar-refractivity contribution in [1.29, 1.82) is 0 Å². The number of aryl methyl sites for hydroxylation is 1. The number of aromatic carboxylic acids is 1. The van der Waals surface area contributed by atoms with Gasteiger partial charge in [0.25, 0.3) is 0 Å². The summed E-state index contributed by atoms with van der Waals surface area (Å²) >= 11 is 11.6. The van der Waals surface area contributed by atoms with Crippen LogP contribution in [0.1, 0.15) is 62.4 Å². The highest BCUT2D eigenvalue weighted by Crippen LogP contribution is 2.31. The molecule has 3 saturated heterocycles. The molecular formula is C36H42Cl2FN9O2. The largest absolute Gasteiger partial charge is 0.478 e. The van der Waals surface area contributed by atoms with E-state index >= 15 is 0 Å². The lowest BCUT2D eigenvalue weighted by Gasteiger charge is -2.41. The maximum atomic E-state index is 13.6. The minimum Gasteiger partial charge on any atom is -0.478 e. The fourth-order valence-corrected chi connectivity index (χ4v) is 7.35. The first-order valence-corrected chi connectivity index (χ1v) is 17.8. The lowest BCUT2D eigenvalue weighted by Crippen LogP contribution is -2.53. The second-order valence-corrected chi connectivity index (χ2v) is 14.0. The minimum absolute atomic E-state index is 0.138. The highest BCUT2D eigenvalue weighted by Gasteiger charge is 2.30. The number of anilines is 4. The molecule has 1 aromatic carbocycles. The number of pyridine rings is 1. The summed E-state index contributed by atoms with van der Waals surface area (Å²) in [4.78, 5) is 42.8. The van der Waals surface area contributed by atoms with Crippen molar-refractivity contribution < 1.29 is 14.3 Å². The van der Waals surface area contributed by atoms with E-state index in [1.54, 1.807) is 24.3 Å². The van der Waals surface area contributed by atoms with E-state index < -0.39 is 5.97 Å². The second kappa shape index (κ2) is 15.3. The molecule has 3 aliphatic rings. The van der Waals surface area contributed by atoms with Crippen molar-refractivity contribution in [3.05, 3.63) is 75.9 Å². The minimum atomic E-state index is -0.973. The number of hydrogen-bond acceptors (Lipinski definition) is 10. The highest BCUT2D eigenvalue weighted by molar-refractivity contribution is 6.33. The maximum absolute atomic E-state index is 13.6. The Labute approximate surface area is 302 Å². The molecule has 14 heteroatoms. The number of nitrogens with zero attached hydrogens (tertiary/aromatic N) is 9. The lowest BCUT2D eigenvalue weighted by molar-refractivity contribution is 0.0696. The van der Waals surface area contributed by atoms with Gasteiger partial charge in [-0.1, -0.05) is 23.2 Å². The predicted molar refractivity (Wildman–Crippen MR) is 197 cm³/mol. The summed E-state index contributed by atoms with van der Waals surface area (Å²) in [6.45, 7) is 12.5. The van der Waals surface area contributed by atoms with Gasteiger partial charge in [0.05, 0.1) is 11.3 Å². The monoisotopic (exact) mass is 721 g/mol. The van der Waals surface area contributed by atoms with Gasteiger partial charge < -0.3 is 24.7 Å². The van der Waals surface area contributed by atoms with Gasteiger partial charge in [0.1, 0.15) is 27.8 Å². The molecule has 3 fully saturated rings. The molecule has 3 aromatic heterocycles. The summed E-state index contributed by atoms with van der Waals surface area (Å²) in [5.74, 6) is 1.79. The predicted octanol–water partition coefficient (Wildman–Crippen LogP) is 7.16. The number of piperazine rings is 1. The average molecular weight is 723 g/mol. The molecule has 0 spiro atoms. The van der Waals surface area contributed by atoms with E-state index in [0.29, 0.717) is 34.3 Å². The van der Waals surface area contributed by atoms with Crippen LogP contribution in [0.4, 0.5) is 27.9 Å². The molecule has 3 aliphatic heterocycles. The summed E-state index contributed by atoms with van der Waals surface area (Å²) in [6.07, 6.45) is 6.00. The smallest absolute Gasteiger partial charge is 0.337 e. The number of carboxylic acid groups (broad SMARTS) is 1. The number of carboxylic acids is 1. The summed E-state index contributed by atoms with van der Waals surface area (Å²) in [5, 5.41) is 10.1. The van der Waals surface area contributed by atoms with Gasteiger partial charge in [0, 0.05) is 74.7 Å². The van der Waals surface area contributed by atoms with E-state index in [0.717, 1.165) is 74.0 Å². The molecule has 7 rings (SSSR count). The van der Waals surface area contributed by atoms with Gasteiger partial charge in [-0.3, -0.25) is 0 Å². The number of benzene rings is 1. The number of carbonyl (C=O) groups is 1. The van der Waals surface area contributed by atoms with Crippen LogP contribution < -0.4 is 19.6 Å². The van der Waals surface area contributed by atoms with E-state index in [4.69, 9.17) is 33.2 Å². The third kappa shape index (κ3) is 8.02. The molecule has 0 saturated carbocycles. The Bertz CT molecular complexity index is 1810. The summed E-state index contributed by atoms with van der Waals surface area (Å²) < 4.78 is 13.6. The molecular weight excluding hydrogens is 680 g/mol. The molecule has 4 aromatic rings. The molecule has 3 atom stereocenters. The Kier molecular flexibility index (Phi) is 10.9. The SMILES string of the molecule is CC1CCCN1c1nc(Cl)cc(Cl)n1.Cc1cc(C(=O)O)cnc1N1CCN(c2cc(-c3ccc(F)cc3)nc(N3CCCC3C)n2)[C@H](C)C1. The van der Waals surface area contributed by atoms with Gasteiger partial charge in [-0.15, -0.1) is 0 Å². The van der Waals surface area contributed by atoms with Crippen LogP contribution in [0.25, 0.3) is 11.3 Å². The van der Waals surface area contributed by atoms with Crippen molar-refractivity contribution in [3.63, 3.8) is 0 Å². The van der Waals surface area contributed by atoms with Crippen molar-refractivity contribution in [2.24, 2.45) is 0 Å². The van der Waals surface area contributed by atoms with E-state index in [9.17, 15) is 14.3 Å². The van der Waals surface area contributed by atoms with Crippen LogP contribution in [0, 0.1) is 12.7 Å². The van der Waals surface area contributed by atoms with Crippen molar-refractivity contribution >= 4 is 52.7 Å². The van der Waals surface area contributed by atoms with Gasteiger partial charge >= 0.3 is 5.97 Å².